The van der Waals surface area contributed by atoms with E-state index in [1.165, 1.54) is 4.90 Å². The van der Waals surface area contributed by atoms with Gasteiger partial charge in [-0.25, -0.2) is 0 Å². The van der Waals surface area contributed by atoms with Crippen molar-refractivity contribution < 1.29 is 14.3 Å². The number of carbonyl (C=O) groups is 2. The molecule has 1 fully saturated rings. The van der Waals surface area contributed by atoms with Gasteiger partial charge in [0.05, 0.1) is 18.6 Å². The van der Waals surface area contributed by atoms with E-state index in [4.69, 9.17) is 16.3 Å². The molecule has 3 aromatic rings. The number of methoxy groups -OCH3 is 1. The maximum atomic E-state index is 12.9. The van der Waals surface area contributed by atoms with Crippen LogP contribution in [0.25, 0.3) is 11.8 Å². The van der Waals surface area contributed by atoms with Crippen molar-refractivity contribution in [1.82, 2.24) is 9.47 Å². The third-order valence-electron chi connectivity index (χ3n) is 5.23. The Kier molecular flexibility index (Phi) is 5.94. The van der Waals surface area contributed by atoms with Crippen LogP contribution in [0, 0.1) is 13.8 Å². The van der Waals surface area contributed by atoms with E-state index in [1.807, 2.05) is 62.4 Å². The van der Waals surface area contributed by atoms with E-state index >= 15 is 0 Å². The van der Waals surface area contributed by atoms with Gasteiger partial charge in [0.15, 0.2) is 0 Å². The van der Waals surface area contributed by atoms with E-state index in [-0.39, 0.29) is 17.7 Å². The Bertz CT molecular complexity index is 1220. The molecule has 2 heterocycles. The quantitative estimate of drug-likeness (QED) is 0.446. The van der Waals surface area contributed by atoms with Crippen molar-refractivity contribution in [2.45, 2.75) is 20.4 Å². The normalized spacial score (nSPS) is 15.2. The van der Waals surface area contributed by atoms with Crippen LogP contribution in [0.1, 0.15) is 22.5 Å². The molecule has 0 radical (unpaired) electrons. The lowest BCUT2D eigenvalue weighted by molar-refractivity contribution is -0.123. The van der Waals surface area contributed by atoms with Crippen LogP contribution in [0.2, 0.25) is 5.02 Å². The smallest absolute Gasteiger partial charge is 0.293 e. The molecule has 0 unspecified atom stereocenters. The summed E-state index contributed by atoms with van der Waals surface area (Å²) in [7, 11) is 1.64. The highest BCUT2D eigenvalue weighted by Gasteiger charge is 2.35. The largest absolute Gasteiger partial charge is 0.497 e. The number of benzene rings is 2. The molecule has 2 amide bonds. The molecule has 1 aliphatic heterocycles. The highest BCUT2D eigenvalue weighted by atomic mass is 35.5. The van der Waals surface area contributed by atoms with Crippen molar-refractivity contribution in [3.63, 3.8) is 0 Å². The van der Waals surface area contributed by atoms with Gasteiger partial charge < -0.3 is 9.30 Å². The lowest BCUT2D eigenvalue weighted by Crippen LogP contribution is -2.27. The molecule has 5 nitrogen and oxygen atoms in total. The third-order valence-corrected chi connectivity index (χ3v) is 6.50. The minimum absolute atomic E-state index is 0.157. The Hall–Kier alpha value is -2.96. The van der Waals surface area contributed by atoms with Crippen molar-refractivity contribution in [2.75, 3.05) is 7.11 Å². The number of ether oxygens (including phenoxy) is 1. The molecule has 158 valence electrons. The highest BCUT2D eigenvalue weighted by Crippen LogP contribution is 2.35. The van der Waals surface area contributed by atoms with Crippen LogP contribution < -0.4 is 4.74 Å². The zero-order chi connectivity index (χ0) is 22.1. The maximum absolute atomic E-state index is 12.9. The van der Waals surface area contributed by atoms with Gasteiger partial charge in [-0.1, -0.05) is 35.9 Å². The van der Waals surface area contributed by atoms with Crippen molar-refractivity contribution in [3.8, 4) is 11.4 Å². The summed E-state index contributed by atoms with van der Waals surface area (Å²) < 4.78 is 7.44. The number of halogens is 1. The van der Waals surface area contributed by atoms with Gasteiger partial charge in [0.2, 0.25) is 0 Å². The fourth-order valence-electron chi connectivity index (χ4n) is 3.66. The first-order valence-corrected chi connectivity index (χ1v) is 10.9. The summed E-state index contributed by atoms with van der Waals surface area (Å²) in [6, 6.07) is 17.0. The molecule has 7 heteroatoms. The molecule has 1 aliphatic rings. The van der Waals surface area contributed by atoms with E-state index in [1.54, 1.807) is 19.3 Å². The third kappa shape index (κ3) is 4.13. The molecule has 0 spiro atoms. The van der Waals surface area contributed by atoms with Crippen molar-refractivity contribution in [2.24, 2.45) is 0 Å². The number of amides is 2. The van der Waals surface area contributed by atoms with Gasteiger partial charge >= 0.3 is 0 Å². The van der Waals surface area contributed by atoms with Crippen LogP contribution in [-0.4, -0.2) is 27.7 Å². The zero-order valence-electron chi connectivity index (χ0n) is 17.4. The minimum Gasteiger partial charge on any atom is -0.497 e. The SMILES string of the molecule is COc1cccc(-n2c(C)cc(/C=C3\SC(=O)N(Cc4ccccc4Cl)C3=O)c2C)c1. The molecule has 0 atom stereocenters. The lowest BCUT2D eigenvalue weighted by atomic mass is 10.2. The molecule has 1 saturated heterocycles. The van der Waals surface area contributed by atoms with E-state index in [9.17, 15) is 9.59 Å². The lowest BCUT2D eigenvalue weighted by Gasteiger charge is -2.13. The summed E-state index contributed by atoms with van der Waals surface area (Å²) in [5, 5.41) is 0.241. The van der Waals surface area contributed by atoms with Crippen LogP contribution in [0.4, 0.5) is 4.79 Å². The number of nitrogens with zero attached hydrogens (tertiary/aromatic N) is 2. The second-order valence-corrected chi connectivity index (χ2v) is 8.62. The first-order chi connectivity index (χ1) is 14.9. The van der Waals surface area contributed by atoms with Crippen LogP contribution in [-0.2, 0) is 11.3 Å². The molecule has 4 rings (SSSR count). The van der Waals surface area contributed by atoms with Crippen molar-refractivity contribution in [1.29, 1.82) is 0 Å². The Balaban J connectivity index is 1.64. The van der Waals surface area contributed by atoms with Gasteiger partial charge in [0, 0.05) is 28.2 Å². The molecule has 0 bridgehead atoms. The van der Waals surface area contributed by atoms with E-state index in [0.717, 1.165) is 45.7 Å². The number of hydrogen-bond donors (Lipinski definition) is 0. The average Bonchev–Trinajstić information content (AvgIpc) is 3.18. The number of aromatic nitrogens is 1. The molecule has 1 aromatic heterocycles. The molecular formula is C24H21ClN2O3S. The first-order valence-electron chi connectivity index (χ1n) is 9.71. The number of aryl methyl sites for hydroxylation is 1. The molecule has 0 N–H and O–H groups in total. The van der Waals surface area contributed by atoms with E-state index in [0.29, 0.717) is 9.93 Å². The zero-order valence-corrected chi connectivity index (χ0v) is 19.0. The second-order valence-electron chi connectivity index (χ2n) is 7.22. The van der Waals surface area contributed by atoms with Crippen molar-refractivity contribution >= 4 is 40.6 Å². The van der Waals surface area contributed by atoms with Gasteiger partial charge in [0.1, 0.15) is 5.75 Å². The summed E-state index contributed by atoms with van der Waals surface area (Å²) in [6.45, 7) is 4.16. The van der Waals surface area contributed by atoms with Gasteiger partial charge in [-0.2, -0.15) is 0 Å². The number of thioether (sulfide) groups is 1. The summed E-state index contributed by atoms with van der Waals surface area (Å²) >= 11 is 7.16. The Morgan fingerprint density at radius 1 is 1.06 bits per heavy atom. The molecule has 2 aromatic carbocycles. The Morgan fingerprint density at radius 2 is 1.84 bits per heavy atom. The van der Waals surface area contributed by atoms with E-state index < -0.39 is 0 Å². The van der Waals surface area contributed by atoms with Gasteiger partial charge in [-0.15, -0.1) is 0 Å². The fraction of sp³-hybridized carbons (Fsp3) is 0.167. The van der Waals surface area contributed by atoms with Crippen LogP contribution >= 0.6 is 23.4 Å². The van der Waals surface area contributed by atoms with Crippen LogP contribution in [0.3, 0.4) is 0 Å². The number of rotatable bonds is 5. The summed E-state index contributed by atoms with van der Waals surface area (Å²) in [4.78, 5) is 27.1. The van der Waals surface area contributed by atoms with Crippen LogP contribution in [0.5, 0.6) is 5.75 Å². The minimum atomic E-state index is -0.305. The molecule has 0 aliphatic carbocycles. The summed E-state index contributed by atoms with van der Waals surface area (Å²) in [5.41, 5.74) is 4.60. The predicted octanol–water partition coefficient (Wildman–Crippen LogP) is 5.99. The number of imide groups is 1. The second kappa shape index (κ2) is 8.65. The molecular weight excluding hydrogens is 432 g/mol. The molecule has 31 heavy (non-hydrogen) atoms. The van der Waals surface area contributed by atoms with Gasteiger partial charge in [0.25, 0.3) is 11.1 Å². The van der Waals surface area contributed by atoms with E-state index in [2.05, 4.69) is 4.57 Å². The first kappa shape index (κ1) is 21.3. The topological polar surface area (TPSA) is 51.5 Å². The summed E-state index contributed by atoms with van der Waals surface area (Å²) in [6.07, 6.45) is 1.79. The standard InChI is InChI=1S/C24H21ClN2O3S/c1-15-11-18(16(2)27(15)19-8-6-9-20(13-19)30-3)12-22-23(28)26(24(29)31-22)14-17-7-4-5-10-21(17)25/h4-13H,14H2,1-3H3/b22-12-. The predicted molar refractivity (Wildman–Crippen MR) is 125 cm³/mol. The maximum Gasteiger partial charge on any atom is 0.293 e. The van der Waals surface area contributed by atoms with Gasteiger partial charge in [-0.05, 0) is 67.1 Å². The highest BCUT2D eigenvalue weighted by molar-refractivity contribution is 8.18. The molecule has 0 saturated carbocycles. The number of carbonyl (C=O) groups excluding carboxylic acids is 2. The van der Waals surface area contributed by atoms with Crippen molar-refractivity contribution in [3.05, 3.63) is 87.0 Å². The summed E-state index contributed by atoms with van der Waals surface area (Å²) in [5.74, 6) is 0.466. The Labute approximate surface area is 190 Å². The monoisotopic (exact) mass is 452 g/mol. The van der Waals surface area contributed by atoms with Gasteiger partial charge in [-0.3, -0.25) is 14.5 Å². The fourth-order valence-corrected chi connectivity index (χ4v) is 4.68. The Morgan fingerprint density at radius 3 is 2.58 bits per heavy atom. The average molecular weight is 453 g/mol. The van der Waals surface area contributed by atoms with Crippen LogP contribution in [0.15, 0.2) is 59.5 Å². The number of hydrogen-bond acceptors (Lipinski definition) is 4.